The van der Waals surface area contributed by atoms with Gasteiger partial charge in [0, 0.05) is 25.6 Å². The van der Waals surface area contributed by atoms with Crippen molar-refractivity contribution in [2.45, 2.75) is 38.8 Å². The highest BCUT2D eigenvalue weighted by atomic mass is 19.1. The van der Waals surface area contributed by atoms with E-state index in [1.54, 1.807) is 12.1 Å². The number of aryl methyl sites for hydroxylation is 1. The average Bonchev–Trinajstić information content (AvgIpc) is 3.17. The molecule has 8 heteroatoms. The topological polar surface area (TPSA) is 77.2 Å². The van der Waals surface area contributed by atoms with Gasteiger partial charge in [0.1, 0.15) is 11.6 Å². The van der Waals surface area contributed by atoms with Crippen LogP contribution in [0.4, 0.5) is 4.39 Å². The lowest BCUT2D eigenvalue weighted by Gasteiger charge is -2.34. The molecule has 0 unspecified atom stereocenters. The third-order valence-corrected chi connectivity index (χ3v) is 6.72. The van der Waals surface area contributed by atoms with E-state index in [1.165, 1.54) is 16.7 Å². The molecule has 0 radical (unpaired) electrons. The van der Waals surface area contributed by atoms with Crippen molar-refractivity contribution in [1.82, 2.24) is 19.2 Å². The number of carbonyl (C=O) groups is 1. The first-order valence-electron chi connectivity index (χ1n) is 11.2. The van der Waals surface area contributed by atoms with Gasteiger partial charge in [0.25, 0.3) is 0 Å². The highest BCUT2D eigenvalue weighted by Gasteiger charge is 2.41. The molecule has 7 nitrogen and oxygen atoms in total. The summed E-state index contributed by atoms with van der Waals surface area (Å²) in [6.07, 6.45) is 1.09. The standard InChI is InChI=1S/C25H25FN4O3/c1-16-5-7-17(8-6-16)12-22(31)28-10-9-19-14-29-23(21(19)15-28)27-30(25(33)24(29)32)13-18-3-2-4-20(26)11-18/h2-8,11,19,21H,9-10,12-15H2,1H3/t19-,21+/m0/s1. The van der Waals surface area contributed by atoms with Crippen molar-refractivity contribution in [2.24, 2.45) is 5.92 Å². The Balaban J connectivity index is 1.39. The van der Waals surface area contributed by atoms with Gasteiger partial charge in [0.05, 0.1) is 13.0 Å². The van der Waals surface area contributed by atoms with Crippen LogP contribution in [0.1, 0.15) is 34.9 Å². The summed E-state index contributed by atoms with van der Waals surface area (Å²) in [6.45, 7) is 3.58. The van der Waals surface area contributed by atoms with E-state index in [2.05, 4.69) is 5.10 Å². The van der Waals surface area contributed by atoms with Gasteiger partial charge in [-0.05, 0) is 42.5 Å². The molecule has 1 aromatic heterocycles. The molecule has 0 spiro atoms. The van der Waals surface area contributed by atoms with Crippen molar-refractivity contribution in [3.63, 3.8) is 0 Å². The van der Waals surface area contributed by atoms with Crippen molar-refractivity contribution in [1.29, 1.82) is 0 Å². The molecule has 5 rings (SSSR count). The number of nitrogens with zero attached hydrogens (tertiary/aromatic N) is 4. The zero-order valence-corrected chi connectivity index (χ0v) is 18.4. The van der Waals surface area contributed by atoms with Crippen LogP contribution >= 0.6 is 0 Å². The molecule has 1 fully saturated rings. The summed E-state index contributed by atoms with van der Waals surface area (Å²) in [6, 6.07) is 13.8. The second-order valence-corrected chi connectivity index (χ2v) is 9.02. The minimum atomic E-state index is -0.714. The minimum absolute atomic E-state index is 0.0210. The molecule has 2 aromatic carbocycles. The Morgan fingerprint density at radius 1 is 1.06 bits per heavy atom. The highest BCUT2D eigenvalue weighted by molar-refractivity contribution is 5.79. The maximum Gasteiger partial charge on any atom is 0.332 e. The van der Waals surface area contributed by atoms with Crippen molar-refractivity contribution < 1.29 is 9.18 Å². The lowest BCUT2D eigenvalue weighted by molar-refractivity contribution is -0.132. The van der Waals surface area contributed by atoms with Gasteiger partial charge in [-0.25, -0.2) is 9.07 Å². The number of hydrogen-bond donors (Lipinski definition) is 0. The molecular formula is C25H25FN4O3. The first-order valence-corrected chi connectivity index (χ1v) is 11.2. The van der Waals surface area contributed by atoms with Gasteiger partial charge in [-0.1, -0.05) is 42.0 Å². The summed E-state index contributed by atoms with van der Waals surface area (Å²) < 4.78 is 16.2. The van der Waals surface area contributed by atoms with E-state index >= 15 is 0 Å². The van der Waals surface area contributed by atoms with Gasteiger partial charge < -0.3 is 4.90 Å². The van der Waals surface area contributed by atoms with E-state index in [0.717, 1.165) is 22.2 Å². The van der Waals surface area contributed by atoms with E-state index in [-0.39, 0.29) is 24.3 Å². The van der Waals surface area contributed by atoms with Gasteiger partial charge in [0.15, 0.2) is 0 Å². The van der Waals surface area contributed by atoms with E-state index < -0.39 is 16.9 Å². The average molecular weight is 448 g/mol. The van der Waals surface area contributed by atoms with Gasteiger partial charge in [-0.2, -0.15) is 5.10 Å². The Morgan fingerprint density at radius 3 is 2.61 bits per heavy atom. The van der Waals surface area contributed by atoms with Gasteiger partial charge in [-0.15, -0.1) is 0 Å². The predicted molar refractivity (Wildman–Crippen MR) is 121 cm³/mol. The summed E-state index contributed by atoms with van der Waals surface area (Å²) >= 11 is 0. The van der Waals surface area contributed by atoms with Crippen LogP contribution in [0.25, 0.3) is 0 Å². The van der Waals surface area contributed by atoms with Crippen LogP contribution in [0, 0.1) is 18.7 Å². The maximum absolute atomic E-state index is 13.6. The maximum atomic E-state index is 13.6. The van der Waals surface area contributed by atoms with Gasteiger partial charge >= 0.3 is 11.1 Å². The molecule has 1 amide bonds. The molecule has 3 heterocycles. The smallest absolute Gasteiger partial charge is 0.332 e. The van der Waals surface area contributed by atoms with Crippen LogP contribution in [-0.4, -0.2) is 38.2 Å². The second kappa shape index (κ2) is 8.42. The third-order valence-electron chi connectivity index (χ3n) is 6.72. The van der Waals surface area contributed by atoms with Crippen LogP contribution in [0.2, 0.25) is 0 Å². The monoisotopic (exact) mass is 448 g/mol. The second-order valence-electron chi connectivity index (χ2n) is 9.02. The molecule has 0 bridgehead atoms. The number of hydrogen-bond acceptors (Lipinski definition) is 4. The molecule has 3 aromatic rings. The minimum Gasteiger partial charge on any atom is -0.342 e. The van der Waals surface area contributed by atoms with Crippen LogP contribution in [0.3, 0.4) is 0 Å². The largest absolute Gasteiger partial charge is 0.342 e. The van der Waals surface area contributed by atoms with Crippen LogP contribution in [0.15, 0.2) is 58.1 Å². The van der Waals surface area contributed by atoms with Gasteiger partial charge in [0.2, 0.25) is 5.91 Å². The number of likely N-dealkylation sites (tertiary alicyclic amines) is 1. The molecule has 0 aliphatic carbocycles. The Kier molecular flexibility index (Phi) is 5.44. The molecule has 1 saturated heterocycles. The number of fused-ring (bicyclic) bond motifs is 3. The number of benzene rings is 2. The summed E-state index contributed by atoms with van der Waals surface area (Å²) in [7, 11) is 0. The Labute approximate surface area is 190 Å². The number of piperidine rings is 1. The molecule has 0 N–H and O–H groups in total. The van der Waals surface area contributed by atoms with Crippen molar-refractivity contribution in [3.8, 4) is 0 Å². The number of amides is 1. The van der Waals surface area contributed by atoms with Crippen molar-refractivity contribution >= 4 is 5.91 Å². The fourth-order valence-electron chi connectivity index (χ4n) is 4.88. The fraction of sp³-hybridized carbons (Fsp3) is 0.360. The Bertz CT molecular complexity index is 1330. The lowest BCUT2D eigenvalue weighted by Crippen LogP contribution is -2.44. The Morgan fingerprint density at radius 2 is 1.85 bits per heavy atom. The van der Waals surface area contributed by atoms with Crippen LogP contribution in [-0.2, 0) is 24.3 Å². The highest BCUT2D eigenvalue weighted by Crippen LogP contribution is 2.37. The van der Waals surface area contributed by atoms with Crippen molar-refractivity contribution in [3.05, 3.63) is 97.6 Å². The van der Waals surface area contributed by atoms with Crippen LogP contribution < -0.4 is 11.1 Å². The molecule has 33 heavy (non-hydrogen) atoms. The number of rotatable bonds is 4. The summed E-state index contributed by atoms with van der Waals surface area (Å²) in [5.41, 5.74) is 1.35. The predicted octanol–water partition coefficient (Wildman–Crippen LogP) is 2.09. The van der Waals surface area contributed by atoms with Gasteiger partial charge in [-0.3, -0.25) is 19.0 Å². The molecular weight excluding hydrogens is 423 g/mol. The Hall–Kier alpha value is -3.55. The zero-order chi connectivity index (χ0) is 23.1. The molecule has 2 atom stereocenters. The van der Waals surface area contributed by atoms with E-state index in [4.69, 9.17) is 0 Å². The molecule has 2 aliphatic heterocycles. The van der Waals surface area contributed by atoms with E-state index in [0.29, 0.717) is 37.4 Å². The normalized spacial score (nSPS) is 19.3. The third kappa shape index (κ3) is 4.13. The first-order chi connectivity index (χ1) is 15.9. The summed E-state index contributed by atoms with van der Waals surface area (Å²) in [5.74, 6) is 0.236. The molecule has 0 saturated carbocycles. The lowest BCUT2D eigenvalue weighted by atomic mass is 9.87. The zero-order valence-electron chi connectivity index (χ0n) is 18.4. The quantitative estimate of drug-likeness (QED) is 0.573. The first kappa shape index (κ1) is 21.3. The molecule has 2 aliphatic rings. The number of carbonyl (C=O) groups excluding carboxylic acids is 1. The van der Waals surface area contributed by atoms with E-state index in [9.17, 15) is 18.8 Å². The van der Waals surface area contributed by atoms with Crippen molar-refractivity contribution in [2.75, 3.05) is 13.1 Å². The summed E-state index contributed by atoms with van der Waals surface area (Å²) in [5, 5.41) is 4.52. The molecule has 170 valence electrons. The fourth-order valence-corrected chi connectivity index (χ4v) is 4.88. The SMILES string of the molecule is Cc1ccc(CC(=O)N2CC[C@H]3Cn4c(nn(Cc5cccc(F)c5)c(=O)c4=O)[C@@H]3C2)cc1. The number of halogens is 1. The van der Waals surface area contributed by atoms with Crippen LogP contribution in [0.5, 0.6) is 0 Å². The summed E-state index contributed by atoms with van der Waals surface area (Å²) in [4.78, 5) is 40.2. The van der Waals surface area contributed by atoms with E-state index in [1.807, 2.05) is 36.1 Å². The number of aromatic nitrogens is 3.